The lowest BCUT2D eigenvalue weighted by atomic mass is 10.2. The summed E-state index contributed by atoms with van der Waals surface area (Å²) in [5, 5.41) is 0.471. The van der Waals surface area contributed by atoms with Crippen molar-refractivity contribution in [1.29, 1.82) is 0 Å². The molecule has 0 radical (unpaired) electrons. The third-order valence-corrected chi connectivity index (χ3v) is 3.02. The second kappa shape index (κ2) is 6.25. The first kappa shape index (κ1) is 14.8. The van der Waals surface area contributed by atoms with Crippen LogP contribution in [-0.2, 0) is 16.1 Å². The van der Waals surface area contributed by atoms with Gasteiger partial charge in [-0.05, 0) is 25.5 Å². The van der Waals surface area contributed by atoms with Crippen LogP contribution < -0.4 is 5.56 Å². The second-order valence-corrected chi connectivity index (χ2v) is 4.61. The zero-order valence-corrected chi connectivity index (χ0v) is 12.1. The van der Waals surface area contributed by atoms with Gasteiger partial charge in [0.15, 0.2) is 5.65 Å². The Hall–Kier alpha value is -2.57. The largest absolute Gasteiger partial charge is 0.483 e. The molecule has 0 spiro atoms. The highest BCUT2D eigenvalue weighted by atomic mass is 16.5. The zero-order valence-electron chi connectivity index (χ0n) is 12.1. The van der Waals surface area contributed by atoms with E-state index < -0.39 is 6.04 Å². The highest BCUT2D eigenvalue weighted by molar-refractivity contribution is 5.79. The van der Waals surface area contributed by atoms with Crippen LogP contribution in [-0.4, -0.2) is 39.9 Å². The van der Waals surface area contributed by atoms with Crippen LogP contribution >= 0.6 is 0 Å². The smallest absolute Gasteiger partial charge is 0.263 e. The quantitative estimate of drug-likeness (QED) is 0.470. The molecule has 21 heavy (non-hydrogen) atoms. The number of hydrogen-bond donors (Lipinski definition) is 0. The van der Waals surface area contributed by atoms with Gasteiger partial charge in [-0.1, -0.05) is 0 Å². The number of carbonyl (C=O) groups is 1. The van der Waals surface area contributed by atoms with Gasteiger partial charge in [-0.25, -0.2) is 15.0 Å². The minimum absolute atomic E-state index is 0.116. The van der Waals surface area contributed by atoms with Gasteiger partial charge >= 0.3 is 0 Å². The zero-order chi connectivity index (χ0) is 15.4. The summed E-state index contributed by atoms with van der Waals surface area (Å²) in [5.74, 6) is 0.291. The molecular weight excluding hydrogens is 272 g/mol. The molecule has 0 aliphatic carbocycles. The minimum Gasteiger partial charge on any atom is -0.483 e. The van der Waals surface area contributed by atoms with E-state index in [9.17, 15) is 9.59 Å². The Morgan fingerprint density at radius 2 is 2.29 bits per heavy atom. The first-order valence-corrected chi connectivity index (χ1v) is 6.43. The van der Waals surface area contributed by atoms with E-state index in [1.54, 1.807) is 19.2 Å². The van der Waals surface area contributed by atoms with Crippen molar-refractivity contribution >= 4 is 23.2 Å². The number of aromatic nitrogens is 3. The highest BCUT2D eigenvalue weighted by Crippen LogP contribution is 2.08. The van der Waals surface area contributed by atoms with E-state index in [-0.39, 0.29) is 12.1 Å². The first-order chi connectivity index (χ1) is 10.1. The van der Waals surface area contributed by atoms with Crippen LogP contribution in [0.25, 0.3) is 11.0 Å². The van der Waals surface area contributed by atoms with Gasteiger partial charge in [0.2, 0.25) is 5.90 Å². The van der Waals surface area contributed by atoms with E-state index in [1.807, 2.05) is 6.92 Å². The van der Waals surface area contributed by atoms with E-state index in [2.05, 4.69) is 15.0 Å². The van der Waals surface area contributed by atoms with Gasteiger partial charge in [0, 0.05) is 6.20 Å². The first-order valence-electron chi connectivity index (χ1n) is 6.43. The van der Waals surface area contributed by atoms with Gasteiger partial charge in [-0.2, -0.15) is 0 Å². The summed E-state index contributed by atoms with van der Waals surface area (Å²) in [6.07, 6.45) is 3.72. The lowest BCUT2D eigenvalue weighted by Gasteiger charge is -2.10. The van der Waals surface area contributed by atoms with Crippen molar-refractivity contribution in [3.8, 4) is 0 Å². The summed E-state index contributed by atoms with van der Waals surface area (Å²) >= 11 is 0. The molecule has 1 atom stereocenters. The molecule has 1 unspecified atom stereocenters. The third-order valence-electron chi connectivity index (χ3n) is 3.02. The molecule has 0 aliphatic rings. The monoisotopic (exact) mass is 288 g/mol. The van der Waals surface area contributed by atoms with Crippen molar-refractivity contribution in [3.63, 3.8) is 0 Å². The van der Waals surface area contributed by atoms with Gasteiger partial charge in [0.25, 0.3) is 5.56 Å². The Bertz CT molecular complexity index is 751. The average Bonchev–Trinajstić information content (AvgIpc) is 2.48. The number of ether oxygens (including phenoxy) is 1. The molecule has 0 amide bonds. The molecule has 2 rings (SSSR count). The van der Waals surface area contributed by atoms with Crippen molar-refractivity contribution in [2.75, 3.05) is 7.11 Å². The van der Waals surface area contributed by atoms with E-state index >= 15 is 0 Å². The summed E-state index contributed by atoms with van der Waals surface area (Å²) in [4.78, 5) is 35.4. The minimum atomic E-state index is -0.521. The Kier molecular flexibility index (Phi) is 4.42. The standard InChI is InChI=1S/C14H16N4O3/c1-9-4-5-15-13-12(9)14(20)18(8-16-13)6-11(21-3)17-10(2)7-19/h4-5,7-8,10H,6H2,1-3H3. The number of nitrogens with zero attached hydrogens (tertiary/aromatic N) is 4. The molecule has 0 bridgehead atoms. The Labute approximate surface area is 121 Å². The van der Waals surface area contributed by atoms with Crippen LogP contribution in [0.4, 0.5) is 0 Å². The van der Waals surface area contributed by atoms with Crippen LogP contribution in [0.3, 0.4) is 0 Å². The number of fused-ring (bicyclic) bond motifs is 1. The fourth-order valence-electron chi connectivity index (χ4n) is 1.90. The van der Waals surface area contributed by atoms with Crippen LogP contribution in [0.15, 0.2) is 28.4 Å². The number of carbonyl (C=O) groups excluding carboxylic acids is 1. The summed E-state index contributed by atoms with van der Waals surface area (Å²) in [6, 6.07) is 1.24. The average molecular weight is 288 g/mol. The molecule has 2 aromatic rings. The van der Waals surface area contributed by atoms with Gasteiger partial charge in [-0.3, -0.25) is 9.36 Å². The van der Waals surface area contributed by atoms with Crippen molar-refractivity contribution in [3.05, 3.63) is 34.5 Å². The predicted molar refractivity (Wildman–Crippen MR) is 78.5 cm³/mol. The number of aryl methyl sites for hydroxylation is 1. The van der Waals surface area contributed by atoms with E-state index in [0.29, 0.717) is 23.2 Å². The van der Waals surface area contributed by atoms with Crippen LogP contribution in [0, 0.1) is 6.92 Å². The van der Waals surface area contributed by atoms with Crippen LogP contribution in [0.5, 0.6) is 0 Å². The second-order valence-electron chi connectivity index (χ2n) is 4.61. The van der Waals surface area contributed by atoms with Gasteiger partial charge in [0.1, 0.15) is 25.2 Å². The third kappa shape index (κ3) is 3.13. The predicted octanol–water partition coefficient (Wildman–Crippen LogP) is 0.732. The van der Waals surface area contributed by atoms with E-state index in [1.165, 1.54) is 18.0 Å². The van der Waals surface area contributed by atoms with Crippen molar-refractivity contribution in [2.24, 2.45) is 4.99 Å². The van der Waals surface area contributed by atoms with E-state index in [0.717, 1.165) is 5.56 Å². The van der Waals surface area contributed by atoms with Crippen molar-refractivity contribution in [2.45, 2.75) is 26.4 Å². The molecule has 0 aliphatic heterocycles. The summed E-state index contributed by atoms with van der Waals surface area (Å²) in [6.45, 7) is 3.59. The number of rotatable bonds is 4. The maximum Gasteiger partial charge on any atom is 0.263 e. The summed E-state index contributed by atoms with van der Waals surface area (Å²) < 4.78 is 6.50. The highest BCUT2D eigenvalue weighted by Gasteiger charge is 2.10. The van der Waals surface area contributed by atoms with Gasteiger partial charge < -0.3 is 9.53 Å². The van der Waals surface area contributed by atoms with Crippen molar-refractivity contribution in [1.82, 2.24) is 14.5 Å². The van der Waals surface area contributed by atoms with Crippen molar-refractivity contribution < 1.29 is 9.53 Å². The fourth-order valence-corrected chi connectivity index (χ4v) is 1.90. The number of aliphatic imine (C=N–C) groups is 1. The Morgan fingerprint density at radius 1 is 1.52 bits per heavy atom. The molecule has 0 aromatic carbocycles. The molecule has 2 heterocycles. The number of methoxy groups -OCH3 is 1. The molecule has 0 N–H and O–H groups in total. The maximum absolute atomic E-state index is 12.5. The molecule has 110 valence electrons. The SMILES string of the molecule is COC(Cn1cnc2nccc(C)c2c1=O)=NC(C)C=O. The topological polar surface area (TPSA) is 86.4 Å². The lowest BCUT2D eigenvalue weighted by Crippen LogP contribution is -2.26. The Balaban J connectivity index is 2.46. The normalized spacial score (nSPS) is 13.2. The molecule has 0 saturated carbocycles. The van der Waals surface area contributed by atoms with Crippen LogP contribution in [0.2, 0.25) is 0 Å². The number of aldehydes is 1. The molecule has 7 heteroatoms. The molecule has 2 aromatic heterocycles. The maximum atomic E-state index is 12.5. The lowest BCUT2D eigenvalue weighted by molar-refractivity contribution is -0.108. The fraction of sp³-hybridized carbons (Fsp3) is 0.357. The summed E-state index contributed by atoms with van der Waals surface area (Å²) in [7, 11) is 1.45. The number of pyridine rings is 1. The van der Waals surface area contributed by atoms with Gasteiger partial charge in [0.05, 0.1) is 12.5 Å². The Morgan fingerprint density at radius 3 is 2.95 bits per heavy atom. The molecule has 0 fully saturated rings. The molecular formula is C14H16N4O3. The van der Waals surface area contributed by atoms with Crippen LogP contribution in [0.1, 0.15) is 12.5 Å². The van der Waals surface area contributed by atoms with E-state index in [4.69, 9.17) is 4.74 Å². The number of hydrogen-bond acceptors (Lipinski definition) is 6. The van der Waals surface area contributed by atoms with Gasteiger partial charge in [-0.15, -0.1) is 0 Å². The molecule has 0 saturated heterocycles. The molecule has 7 nitrogen and oxygen atoms in total. The summed E-state index contributed by atoms with van der Waals surface area (Å²) in [5.41, 5.74) is 1.01.